The number of ether oxygens (including phenoxy) is 1. The van der Waals surface area contributed by atoms with Crippen LogP contribution in [0.25, 0.3) is 0 Å². The first kappa shape index (κ1) is 28.2. The van der Waals surface area contributed by atoms with Crippen molar-refractivity contribution in [3.05, 3.63) is 108 Å². The topological polar surface area (TPSA) is 103 Å². The zero-order valence-corrected chi connectivity index (χ0v) is 22.0. The lowest BCUT2D eigenvalue weighted by Gasteiger charge is -2.22. The zero-order valence-electron chi connectivity index (χ0n) is 20.3. The summed E-state index contributed by atoms with van der Waals surface area (Å²) < 4.78 is 108. The number of halogens is 3. The van der Waals surface area contributed by atoms with Crippen LogP contribution in [0.15, 0.2) is 105 Å². The fraction of sp³-hybridized carbons (Fsp3) is 0.154. The van der Waals surface area contributed by atoms with Gasteiger partial charge in [-0.25, -0.2) is 8.42 Å². The molecule has 39 heavy (non-hydrogen) atoms. The molecule has 13 heteroatoms. The molecular weight excluding hydrogens is 559 g/mol. The van der Waals surface area contributed by atoms with Gasteiger partial charge in [0, 0.05) is 6.54 Å². The molecular formula is C26H22F3NO7S2. The van der Waals surface area contributed by atoms with E-state index in [9.17, 15) is 30.0 Å². The first-order chi connectivity index (χ1) is 18.4. The first-order valence-electron chi connectivity index (χ1n) is 11.3. The molecule has 0 saturated heterocycles. The third kappa shape index (κ3) is 6.80. The van der Waals surface area contributed by atoms with Crippen molar-refractivity contribution in [3.8, 4) is 11.5 Å². The van der Waals surface area contributed by atoms with Crippen molar-refractivity contribution in [2.24, 2.45) is 0 Å². The Morgan fingerprint density at radius 3 is 2.05 bits per heavy atom. The minimum absolute atomic E-state index is 0.0296. The van der Waals surface area contributed by atoms with Gasteiger partial charge in [0.15, 0.2) is 0 Å². The van der Waals surface area contributed by atoms with Crippen molar-refractivity contribution in [1.29, 1.82) is 0 Å². The second-order valence-electron chi connectivity index (χ2n) is 8.23. The van der Waals surface area contributed by atoms with Gasteiger partial charge in [-0.3, -0.25) is 0 Å². The highest BCUT2D eigenvalue weighted by atomic mass is 32.2. The van der Waals surface area contributed by atoms with Gasteiger partial charge in [0.25, 0.3) is 0 Å². The Balaban J connectivity index is 1.55. The van der Waals surface area contributed by atoms with Gasteiger partial charge in [-0.05, 0) is 72.3 Å². The summed E-state index contributed by atoms with van der Waals surface area (Å²) in [6.07, 6.45) is -3.30. The van der Waals surface area contributed by atoms with Crippen LogP contribution in [0.3, 0.4) is 0 Å². The second-order valence-corrected chi connectivity index (χ2v) is 11.7. The van der Waals surface area contributed by atoms with Gasteiger partial charge >= 0.3 is 16.3 Å². The van der Waals surface area contributed by atoms with Crippen LogP contribution >= 0.6 is 0 Å². The van der Waals surface area contributed by atoms with Gasteiger partial charge in [0.05, 0.1) is 30.4 Å². The summed E-state index contributed by atoms with van der Waals surface area (Å²) in [5, 5.41) is 0. The van der Waals surface area contributed by atoms with Gasteiger partial charge in [-0.1, -0.05) is 18.2 Å². The van der Waals surface area contributed by atoms with Crippen LogP contribution in [-0.4, -0.2) is 28.3 Å². The molecule has 8 nitrogen and oxygen atoms in total. The average molecular weight is 582 g/mol. The van der Waals surface area contributed by atoms with E-state index in [1.165, 1.54) is 66.2 Å². The maximum Gasteiger partial charge on any atom is 0.416 e. The van der Waals surface area contributed by atoms with Crippen LogP contribution in [0.2, 0.25) is 0 Å². The molecule has 0 atom stereocenters. The standard InChI is InChI=1S/C26H22F3NO7S2/c1-35-21-11-13-24(14-12-21)38(31,32)30(18-23-5-3-15-36-23)17-19-7-9-22(10-8-19)37-39(33,34)25-6-2-4-20(16-25)26(27,28)29/h2-16H,17-18H2,1H3. The highest BCUT2D eigenvalue weighted by Crippen LogP contribution is 2.31. The van der Waals surface area contributed by atoms with Crippen molar-refractivity contribution in [2.75, 3.05) is 7.11 Å². The fourth-order valence-corrected chi connectivity index (χ4v) is 5.93. The number of sulfonamides is 1. The zero-order chi connectivity index (χ0) is 28.3. The maximum atomic E-state index is 13.4. The number of rotatable bonds is 10. The molecule has 0 N–H and O–H groups in total. The molecule has 0 aliphatic heterocycles. The molecule has 1 heterocycles. The van der Waals surface area contributed by atoms with Crippen LogP contribution in [0.5, 0.6) is 11.5 Å². The smallest absolute Gasteiger partial charge is 0.416 e. The van der Waals surface area contributed by atoms with E-state index >= 15 is 0 Å². The fourth-order valence-electron chi connectivity index (χ4n) is 3.56. The van der Waals surface area contributed by atoms with E-state index in [1.54, 1.807) is 12.1 Å². The molecule has 0 radical (unpaired) electrons. The van der Waals surface area contributed by atoms with Crippen LogP contribution in [-0.2, 0) is 39.4 Å². The van der Waals surface area contributed by atoms with Crippen LogP contribution < -0.4 is 8.92 Å². The van der Waals surface area contributed by atoms with Gasteiger partial charge < -0.3 is 13.3 Å². The van der Waals surface area contributed by atoms with E-state index in [4.69, 9.17) is 13.3 Å². The Hall–Kier alpha value is -3.81. The Kier molecular flexibility index (Phi) is 8.04. The third-order valence-electron chi connectivity index (χ3n) is 5.55. The number of hydrogen-bond donors (Lipinski definition) is 0. The molecule has 0 amide bonds. The molecule has 206 valence electrons. The summed E-state index contributed by atoms with van der Waals surface area (Å²) in [6, 6.07) is 17.8. The van der Waals surface area contributed by atoms with Crippen molar-refractivity contribution in [2.45, 2.75) is 29.1 Å². The lowest BCUT2D eigenvalue weighted by Crippen LogP contribution is -2.30. The van der Waals surface area contributed by atoms with Crippen molar-refractivity contribution in [3.63, 3.8) is 0 Å². The minimum atomic E-state index is -4.72. The monoisotopic (exact) mass is 581 g/mol. The molecule has 0 bridgehead atoms. The molecule has 1 aromatic heterocycles. The van der Waals surface area contributed by atoms with E-state index in [1.807, 2.05) is 0 Å². The van der Waals surface area contributed by atoms with E-state index in [0.29, 0.717) is 23.1 Å². The number of hydrogen-bond acceptors (Lipinski definition) is 7. The lowest BCUT2D eigenvalue weighted by molar-refractivity contribution is -0.137. The summed E-state index contributed by atoms with van der Waals surface area (Å²) in [5.74, 6) is 0.730. The Labute approximate surface area is 223 Å². The largest absolute Gasteiger partial charge is 0.497 e. The Bertz CT molecular complexity index is 1620. The first-order valence-corrected chi connectivity index (χ1v) is 14.1. The second kappa shape index (κ2) is 11.1. The number of furan rings is 1. The summed E-state index contributed by atoms with van der Waals surface area (Å²) in [4.78, 5) is -0.626. The van der Waals surface area contributed by atoms with E-state index in [-0.39, 0.29) is 23.7 Å². The van der Waals surface area contributed by atoms with Crippen LogP contribution in [0, 0.1) is 0 Å². The molecule has 0 aliphatic rings. The highest BCUT2D eigenvalue weighted by molar-refractivity contribution is 7.89. The van der Waals surface area contributed by atoms with Crippen LogP contribution in [0.1, 0.15) is 16.9 Å². The summed E-state index contributed by atoms with van der Waals surface area (Å²) in [7, 11) is -7.09. The van der Waals surface area contributed by atoms with E-state index in [0.717, 1.165) is 18.2 Å². The van der Waals surface area contributed by atoms with Crippen molar-refractivity contribution < 1.29 is 43.3 Å². The summed E-state index contributed by atoms with van der Waals surface area (Å²) in [6.45, 7) is -0.181. The number of nitrogens with zero attached hydrogens (tertiary/aromatic N) is 1. The Morgan fingerprint density at radius 1 is 0.795 bits per heavy atom. The van der Waals surface area contributed by atoms with Crippen molar-refractivity contribution in [1.82, 2.24) is 4.31 Å². The normalized spacial score (nSPS) is 12.4. The minimum Gasteiger partial charge on any atom is -0.497 e. The number of methoxy groups -OCH3 is 1. The van der Waals surface area contributed by atoms with Crippen LogP contribution in [0.4, 0.5) is 13.2 Å². The number of benzene rings is 3. The molecule has 0 saturated carbocycles. The van der Waals surface area contributed by atoms with Gasteiger partial charge in [-0.15, -0.1) is 0 Å². The highest BCUT2D eigenvalue weighted by Gasteiger charge is 2.32. The van der Waals surface area contributed by atoms with E-state index < -0.39 is 36.8 Å². The summed E-state index contributed by atoms with van der Waals surface area (Å²) in [5.41, 5.74) is -0.639. The summed E-state index contributed by atoms with van der Waals surface area (Å²) >= 11 is 0. The van der Waals surface area contributed by atoms with Crippen molar-refractivity contribution >= 4 is 20.1 Å². The quantitative estimate of drug-likeness (QED) is 0.229. The maximum absolute atomic E-state index is 13.4. The molecule has 0 fully saturated rings. The third-order valence-corrected chi connectivity index (χ3v) is 8.60. The van der Waals surface area contributed by atoms with Gasteiger partial charge in [0.2, 0.25) is 10.0 Å². The Morgan fingerprint density at radius 2 is 1.46 bits per heavy atom. The predicted molar refractivity (Wildman–Crippen MR) is 134 cm³/mol. The average Bonchev–Trinajstić information content (AvgIpc) is 3.42. The van der Waals surface area contributed by atoms with Gasteiger partial charge in [0.1, 0.15) is 22.2 Å². The molecule has 4 aromatic rings. The molecule has 0 unspecified atom stereocenters. The van der Waals surface area contributed by atoms with Gasteiger partial charge in [-0.2, -0.15) is 25.9 Å². The molecule has 3 aromatic carbocycles. The SMILES string of the molecule is COc1ccc(S(=O)(=O)N(Cc2ccc(OS(=O)(=O)c3cccc(C(F)(F)F)c3)cc2)Cc2ccco2)cc1. The molecule has 0 aliphatic carbocycles. The number of alkyl halides is 3. The lowest BCUT2D eigenvalue weighted by atomic mass is 10.2. The molecule has 0 spiro atoms. The molecule has 4 rings (SSSR count). The predicted octanol–water partition coefficient (Wildman–Crippen LogP) is 5.47. The van der Waals surface area contributed by atoms with E-state index in [2.05, 4.69) is 0 Å².